The maximum absolute atomic E-state index is 13.3. The van der Waals surface area contributed by atoms with Gasteiger partial charge in [0.25, 0.3) is 5.91 Å². The van der Waals surface area contributed by atoms with E-state index in [0.717, 1.165) is 17.7 Å². The molecule has 1 atom stereocenters. The number of hydrogen-bond donors (Lipinski definition) is 2. The molecule has 3 aromatic carbocycles. The molecule has 0 saturated heterocycles. The number of anilines is 1. The molecule has 0 aromatic heterocycles. The van der Waals surface area contributed by atoms with Gasteiger partial charge in [0.2, 0.25) is 0 Å². The number of carboxylic acids is 1. The molecular weight excluding hydrogens is 380 g/mol. The van der Waals surface area contributed by atoms with Crippen molar-refractivity contribution in [1.29, 1.82) is 0 Å². The summed E-state index contributed by atoms with van der Waals surface area (Å²) in [6, 6.07) is 24.7. The molecule has 1 amide bonds. The van der Waals surface area contributed by atoms with Gasteiger partial charge in [-0.25, -0.2) is 4.79 Å². The smallest absolute Gasteiger partial charge is 0.341 e. The minimum atomic E-state index is -1.03. The Morgan fingerprint density at radius 1 is 0.967 bits per heavy atom. The van der Waals surface area contributed by atoms with Crippen molar-refractivity contribution in [1.82, 2.24) is 4.90 Å². The van der Waals surface area contributed by atoms with Crippen molar-refractivity contribution in [3.63, 3.8) is 0 Å². The van der Waals surface area contributed by atoms with Crippen LogP contribution in [0.1, 0.15) is 27.7 Å². The molecule has 1 aliphatic heterocycles. The maximum Gasteiger partial charge on any atom is 0.341 e. The second kappa shape index (κ2) is 8.69. The third kappa shape index (κ3) is 4.27. The van der Waals surface area contributed by atoms with Crippen LogP contribution in [-0.4, -0.2) is 35.0 Å². The summed E-state index contributed by atoms with van der Waals surface area (Å²) in [5.41, 5.74) is 3.52. The largest absolute Gasteiger partial charge is 0.482 e. The third-order valence-electron chi connectivity index (χ3n) is 5.06. The van der Waals surface area contributed by atoms with Crippen molar-refractivity contribution < 1.29 is 19.4 Å². The lowest BCUT2D eigenvalue weighted by Crippen LogP contribution is -2.43. The normalized spacial score (nSPS) is 15.3. The third-order valence-corrected chi connectivity index (χ3v) is 5.06. The Kier molecular flexibility index (Phi) is 5.66. The van der Waals surface area contributed by atoms with Gasteiger partial charge in [0.1, 0.15) is 11.9 Å². The quantitative estimate of drug-likeness (QED) is 0.625. The molecule has 0 unspecified atom stereocenters. The average molecular weight is 402 g/mol. The summed E-state index contributed by atoms with van der Waals surface area (Å²) in [7, 11) is 0. The lowest BCUT2D eigenvalue weighted by Gasteiger charge is -2.38. The van der Waals surface area contributed by atoms with E-state index in [-0.39, 0.29) is 12.1 Å². The first kappa shape index (κ1) is 19.5. The van der Waals surface area contributed by atoms with Gasteiger partial charge in [0.15, 0.2) is 6.61 Å². The summed E-state index contributed by atoms with van der Waals surface area (Å²) in [5, 5.41) is 12.2. The topological polar surface area (TPSA) is 78.9 Å². The lowest BCUT2D eigenvalue weighted by atomic mass is 10.0. The van der Waals surface area contributed by atoms with Crippen LogP contribution in [0.2, 0.25) is 0 Å². The average Bonchev–Trinajstić information content (AvgIpc) is 2.78. The highest BCUT2D eigenvalue weighted by molar-refractivity contribution is 6.01. The SMILES string of the molecule is O=C(O)COc1ccc([C@@H]2Nc3ccccc3C(=O)N2CCc2ccccc2)cc1. The monoisotopic (exact) mass is 402 g/mol. The van der Waals surface area contributed by atoms with Crippen LogP contribution in [0.5, 0.6) is 5.75 Å². The van der Waals surface area contributed by atoms with Crippen molar-refractivity contribution >= 4 is 17.6 Å². The molecular formula is C24H22N2O4. The number of rotatable bonds is 7. The molecule has 0 saturated carbocycles. The first-order chi connectivity index (χ1) is 14.6. The number of fused-ring (bicyclic) bond motifs is 1. The number of benzene rings is 3. The number of aliphatic carboxylic acids is 1. The van der Waals surface area contributed by atoms with Crippen LogP contribution >= 0.6 is 0 Å². The standard InChI is InChI=1S/C24H22N2O4/c27-22(28)16-30-19-12-10-18(11-13-19)23-25-21-9-5-4-8-20(21)24(29)26(23)15-14-17-6-2-1-3-7-17/h1-13,23,25H,14-16H2,(H,27,28)/t23-/m1/s1. The predicted octanol–water partition coefficient (Wildman–Crippen LogP) is 3.96. The minimum absolute atomic E-state index is 0.0171. The molecule has 0 bridgehead atoms. The highest BCUT2D eigenvalue weighted by Gasteiger charge is 2.32. The zero-order valence-corrected chi connectivity index (χ0v) is 16.3. The van der Waals surface area contributed by atoms with Gasteiger partial charge in [-0.15, -0.1) is 0 Å². The Hall–Kier alpha value is -3.80. The zero-order chi connectivity index (χ0) is 20.9. The van der Waals surface area contributed by atoms with E-state index in [1.807, 2.05) is 59.5 Å². The van der Waals surface area contributed by atoms with Gasteiger partial charge < -0.3 is 20.1 Å². The van der Waals surface area contributed by atoms with Crippen LogP contribution < -0.4 is 10.1 Å². The number of nitrogens with zero attached hydrogens (tertiary/aromatic N) is 1. The molecule has 1 heterocycles. The van der Waals surface area contributed by atoms with Crippen molar-refractivity contribution in [3.05, 3.63) is 95.6 Å². The van der Waals surface area contributed by atoms with Crippen LogP contribution in [0.15, 0.2) is 78.9 Å². The molecule has 1 aliphatic rings. The lowest BCUT2D eigenvalue weighted by molar-refractivity contribution is -0.139. The number of para-hydroxylation sites is 1. The summed E-state index contributed by atoms with van der Waals surface area (Å²) in [5.74, 6) is -0.571. The number of carbonyl (C=O) groups is 2. The fourth-order valence-electron chi connectivity index (χ4n) is 3.57. The fourth-order valence-corrected chi connectivity index (χ4v) is 3.57. The predicted molar refractivity (Wildman–Crippen MR) is 114 cm³/mol. The van der Waals surface area contributed by atoms with Gasteiger partial charge in [-0.1, -0.05) is 54.6 Å². The second-order valence-electron chi connectivity index (χ2n) is 7.08. The minimum Gasteiger partial charge on any atom is -0.482 e. The summed E-state index contributed by atoms with van der Waals surface area (Å²) < 4.78 is 5.22. The van der Waals surface area contributed by atoms with E-state index in [1.54, 1.807) is 12.1 Å². The Morgan fingerprint density at radius 3 is 2.40 bits per heavy atom. The highest BCUT2D eigenvalue weighted by Crippen LogP contribution is 2.33. The molecule has 2 N–H and O–H groups in total. The highest BCUT2D eigenvalue weighted by atomic mass is 16.5. The van der Waals surface area contributed by atoms with Crippen LogP contribution in [-0.2, 0) is 11.2 Å². The van der Waals surface area contributed by atoms with Gasteiger partial charge >= 0.3 is 5.97 Å². The summed E-state index contributed by atoms with van der Waals surface area (Å²) in [6.45, 7) is 0.169. The van der Waals surface area contributed by atoms with Crippen LogP contribution in [0, 0.1) is 0 Å². The van der Waals surface area contributed by atoms with E-state index < -0.39 is 12.6 Å². The molecule has 30 heavy (non-hydrogen) atoms. The van der Waals surface area contributed by atoms with E-state index in [0.29, 0.717) is 17.9 Å². The summed E-state index contributed by atoms with van der Waals surface area (Å²) in [4.78, 5) is 25.8. The summed E-state index contributed by atoms with van der Waals surface area (Å²) in [6.07, 6.45) is 0.414. The number of amides is 1. The van der Waals surface area contributed by atoms with Gasteiger partial charge in [-0.3, -0.25) is 4.79 Å². The molecule has 6 heteroatoms. The molecule has 4 rings (SSSR count). The van der Waals surface area contributed by atoms with E-state index in [4.69, 9.17) is 9.84 Å². The van der Waals surface area contributed by atoms with Crippen LogP contribution in [0.25, 0.3) is 0 Å². The van der Waals surface area contributed by atoms with E-state index >= 15 is 0 Å². The number of nitrogens with one attached hydrogen (secondary N) is 1. The van der Waals surface area contributed by atoms with Crippen LogP contribution in [0.3, 0.4) is 0 Å². The van der Waals surface area contributed by atoms with Gasteiger partial charge in [-0.05, 0) is 41.8 Å². The second-order valence-corrected chi connectivity index (χ2v) is 7.08. The summed E-state index contributed by atoms with van der Waals surface area (Å²) >= 11 is 0. The van der Waals surface area contributed by atoms with E-state index in [9.17, 15) is 9.59 Å². The molecule has 0 radical (unpaired) electrons. The maximum atomic E-state index is 13.3. The fraction of sp³-hybridized carbons (Fsp3) is 0.167. The van der Waals surface area contributed by atoms with Crippen molar-refractivity contribution in [2.75, 3.05) is 18.5 Å². The Labute approximate surface area is 174 Å². The van der Waals surface area contributed by atoms with E-state index in [2.05, 4.69) is 17.4 Å². The molecule has 0 aliphatic carbocycles. The van der Waals surface area contributed by atoms with Crippen LogP contribution in [0.4, 0.5) is 5.69 Å². The number of ether oxygens (including phenoxy) is 1. The first-order valence-corrected chi connectivity index (χ1v) is 9.77. The van der Waals surface area contributed by atoms with Gasteiger partial charge in [0.05, 0.1) is 5.56 Å². The molecule has 152 valence electrons. The number of hydrogen-bond acceptors (Lipinski definition) is 4. The van der Waals surface area contributed by atoms with Crippen molar-refractivity contribution in [3.8, 4) is 5.75 Å². The Bertz CT molecular complexity index is 1030. The van der Waals surface area contributed by atoms with Crippen molar-refractivity contribution in [2.24, 2.45) is 0 Å². The number of carbonyl (C=O) groups excluding carboxylic acids is 1. The van der Waals surface area contributed by atoms with E-state index in [1.165, 1.54) is 5.56 Å². The Morgan fingerprint density at radius 2 is 1.67 bits per heavy atom. The molecule has 0 spiro atoms. The molecule has 3 aromatic rings. The first-order valence-electron chi connectivity index (χ1n) is 9.77. The number of carboxylic acid groups (broad SMARTS) is 1. The molecule has 0 fully saturated rings. The Balaban J connectivity index is 1.59. The van der Waals surface area contributed by atoms with Gasteiger partial charge in [-0.2, -0.15) is 0 Å². The molecule has 6 nitrogen and oxygen atoms in total. The zero-order valence-electron chi connectivity index (χ0n) is 16.3. The van der Waals surface area contributed by atoms with Crippen molar-refractivity contribution in [2.45, 2.75) is 12.6 Å². The van der Waals surface area contributed by atoms with Gasteiger partial charge in [0, 0.05) is 12.2 Å².